The zero-order valence-electron chi connectivity index (χ0n) is 15.4. The van der Waals surface area contributed by atoms with Crippen molar-refractivity contribution in [2.45, 2.75) is 6.42 Å². The molecule has 0 fully saturated rings. The van der Waals surface area contributed by atoms with Gasteiger partial charge in [-0.2, -0.15) is 0 Å². The van der Waals surface area contributed by atoms with E-state index in [0.717, 1.165) is 16.7 Å². The lowest BCUT2D eigenvalue weighted by Crippen LogP contribution is -2.25. The number of hydrogen-bond donors (Lipinski definition) is 1. The zero-order valence-corrected chi connectivity index (χ0v) is 15.4. The van der Waals surface area contributed by atoms with Crippen LogP contribution in [-0.4, -0.2) is 38.3 Å². The second-order valence-electron chi connectivity index (χ2n) is 5.89. The predicted molar refractivity (Wildman–Crippen MR) is 104 cm³/mol. The molecule has 0 saturated heterocycles. The van der Waals surface area contributed by atoms with Gasteiger partial charge in [0.1, 0.15) is 22.8 Å². The fraction of sp³-hybridized carbons (Fsp3) is 0.238. The largest absolute Gasteiger partial charge is 0.497 e. The fourth-order valence-electron chi connectivity index (χ4n) is 2.69. The average Bonchev–Trinajstić information content (AvgIpc) is 2.73. The van der Waals surface area contributed by atoms with Crippen molar-refractivity contribution < 1.29 is 19.0 Å². The molecule has 1 amide bonds. The Morgan fingerprint density at radius 2 is 1.78 bits per heavy atom. The molecule has 2 aromatic carbocycles. The molecular weight excluding hydrogens is 344 g/mol. The van der Waals surface area contributed by atoms with E-state index in [2.05, 4.69) is 10.3 Å². The van der Waals surface area contributed by atoms with Crippen molar-refractivity contribution in [2.24, 2.45) is 0 Å². The lowest BCUT2D eigenvalue weighted by molar-refractivity contribution is 0.0951. The summed E-state index contributed by atoms with van der Waals surface area (Å²) in [5, 5.41) is 3.92. The first-order valence-electron chi connectivity index (χ1n) is 8.69. The van der Waals surface area contributed by atoms with Crippen molar-refractivity contribution in [3.05, 3.63) is 60.3 Å². The van der Waals surface area contributed by atoms with Gasteiger partial charge in [0.15, 0.2) is 0 Å². The molecule has 6 heteroatoms. The van der Waals surface area contributed by atoms with E-state index in [1.165, 1.54) is 0 Å². The van der Waals surface area contributed by atoms with E-state index in [1.807, 2.05) is 30.3 Å². The van der Waals surface area contributed by atoms with Crippen molar-refractivity contribution in [3.8, 4) is 17.2 Å². The summed E-state index contributed by atoms with van der Waals surface area (Å²) in [6.07, 6.45) is 2.42. The van der Waals surface area contributed by atoms with Gasteiger partial charge < -0.3 is 19.5 Å². The van der Waals surface area contributed by atoms with Gasteiger partial charge in [-0.1, -0.05) is 18.2 Å². The molecule has 0 spiro atoms. The average molecular weight is 366 g/mol. The molecule has 1 heterocycles. The van der Waals surface area contributed by atoms with Crippen LogP contribution >= 0.6 is 0 Å². The molecule has 1 N–H and O–H groups in total. The molecule has 27 heavy (non-hydrogen) atoms. The number of methoxy groups -OCH3 is 2. The predicted octanol–water partition coefficient (Wildman–Crippen LogP) is 3.45. The summed E-state index contributed by atoms with van der Waals surface area (Å²) in [7, 11) is 3.10. The number of nitrogens with zero attached hydrogens (tertiary/aromatic N) is 1. The van der Waals surface area contributed by atoms with E-state index >= 15 is 0 Å². The van der Waals surface area contributed by atoms with Gasteiger partial charge in [-0.05, 0) is 30.7 Å². The van der Waals surface area contributed by atoms with Crippen LogP contribution in [0, 0.1) is 0 Å². The highest BCUT2D eigenvalue weighted by Crippen LogP contribution is 2.23. The molecule has 3 rings (SSSR count). The zero-order chi connectivity index (χ0) is 19.1. The Labute approximate surface area is 158 Å². The van der Waals surface area contributed by atoms with Crippen molar-refractivity contribution in [1.82, 2.24) is 10.3 Å². The van der Waals surface area contributed by atoms with Gasteiger partial charge in [0.2, 0.25) is 0 Å². The van der Waals surface area contributed by atoms with Crippen LogP contribution in [0.5, 0.6) is 17.2 Å². The molecule has 0 aliphatic rings. The lowest BCUT2D eigenvalue weighted by atomic mass is 10.2. The molecule has 0 atom stereocenters. The summed E-state index contributed by atoms with van der Waals surface area (Å²) in [5.74, 6) is 1.72. The molecule has 1 aromatic heterocycles. The number of pyridine rings is 1. The van der Waals surface area contributed by atoms with Crippen LogP contribution < -0.4 is 19.5 Å². The minimum atomic E-state index is -0.181. The molecule has 6 nitrogen and oxygen atoms in total. The number of para-hydroxylation sites is 1. The van der Waals surface area contributed by atoms with Crippen molar-refractivity contribution >= 4 is 16.8 Å². The number of aromatic nitrogens is 1. The normalized spacial score (nSPS) is 10.4. The highest BCUT2D eigenvalue weighted by Gasteiger charge is 2.09. The van der Waals surface area contributed by atoms with Crippen molar-refractivity contribution in [3.63, 3.8) is 0 Å². The number of nitrogens with one attached hydrogen (secondary N) is 1. The molecule has 0 aliphatic carbocycles. The van der Waals surface area contributed by atoms with E-state index in [-0.39, 0.29) is 5.91 Å². The summed E-state index contributed by atoms with van der Waals surface area (Å²) < 4.78 is 16.2. The number of amides is 1. The smallest absolute Gasteiger partial charge is 0.251 e. The summed E-state index contributed by atoms with van der Waals surface area (Å²) in [6.45, 7) is 0.980. The van der Waals surface area contributed by atoms with Gasteiger partial charge in [-0.15, -0.1) is 0 Å². The van der Waals surface area contributed by atoms with Crippen LogP contribution in [0.3, 0.4) is 0 Å². The quantitative estimate of drug-likeness (QED) is 0.619. The van der Waals surface area contributed by atoms with E-state index in [4.69, 9.17) is 14.2 Å². The van der Waals surface area contributed by atoms with Gasteiger partial charge in [-0.25, -0.2) is 0 Å². The summed E-state index contributed by atoms with van der Waals surface area (Å²) in [4.78, 5) is 16.7. The first kappa shape index (κ1) is 18.5. The van der Waals surface area contributed by atoms with E-state index in [9.17, 15) is 4.79 Å². The maximum absolute atomic E-state index is 12.3. The topological polar surface area (TPSA) is 69.7 Å². The molecule has 140 valence electrons. The molecular formula is C21H22N2O4. The summed E-state index contributed by atoms with van der Waals surface area (Å²) in [5.41, 5.74) is 1.33. The van der Waals surface area contributed by atoms with Gasteiger partial charge >= 0.3 is 0 Å². The summed E-state index contributed by atoms with van der Waals surface area (Å²) in [6, 6.07) is 14.8. The molecule has 0 aliphatic heterocycles. The third-order valence-corrected chi connectivity index (χ3v) is 4.07. The highest BCUT2D eigenvalue weighted by molar-refractivity contribution is 5.95. The Morgan fingerprint density at radius 1 is 1.04 bits per heavy atom. The van der Waals surface area contributed by atoms with Crippen LogP contribution in [0.4, 0.5) is 0 Å². The Bertz CT molecular complexity index is 899. The maximum atomic E-state index is 12.3. The molecule has 0 saturated carbocycles. The standard InChI is InChI=1S/C21H22N2O4/c1-25-17-12-16(13-18(14-17)26-2)21(24)23-10-5-11-27-19-8-3-6-15-7-4-9-22-20(15)19/h3-4,6-9,12-14H,5,10-11H2,1-2H3,(H,23,24). The first-order chi connectivity index (χ1) is 13.2. The lowest BCUT2D eigenvalue weighted by Gasteiger charge is -2.10. The molecule has 0 unspecified atom stereocenters. The van der Waals surface area contributed by atoms with Gasteiger partial charge in [0.25, 0.3) is 5.91 Å². The summed E-state index contributed by atoms with van der Waals surface area (Å²) >= 11 is 0. The molecule has 3 aromatic rings. The first-order valence-corrected chi connectivity index (χ1v) is 8.69. The van der Waals surface area contributed by atoms with Gasteiger partial charge in [0, 0.05) is 29.8 Å². The third kappa shape index (κ3) is 4.67. The van der Waals surface area contributed by atoms with E-state index < -0.39 is 0 Å². The van der Waals surface area contributed by atoms with E-state index in [1.54, 1.807) is 38.6 Å². The molecule has 0 bridgehead atoms. The SMILES string of the molecule is COc1cc(OC)cc(C(=O)NCCCOc2cccc3cccnc23)c1. The van der Waals surface area contributed by atoms with Crippen LogP contribution in [0.1, 0.15) is 16.8 Å². The number of fused-ring (bicyclic) bond motifs is 1. The monoisotopic (exact) mass is 366 g/mol. The van der Waals surface area contributed by atoms with Crippen LogP contribution in [-0.2, 0) is 0 Å². The number of rotatable bonds is 8. The van der Waals surface area contributed by atoms with Crippen LogP contribution in [0.2, 0.25) is 0 Å². The van der Waals surface area contributed by atoms with Crippen LogP contribution in [0.25, 0.3) is 10.9 Å². The Kier molecular flexibility index (Phi) is 6.10. The van der Waals surface area contributed by atoms with Crippen molar-refractivity contribution in [2.75, 3.05) is 27.4 Å². The Balaban J connectivity index is 1.51. The third-order valence-electron chi connectivity index (χ3n) is 4.07. The fourth-order valence-corrected chi connectivity index (χ4v) is 2.69. The number of carbonyl (C=O) groups excluding carboxylic acids is 1. The highest BCUT2D eigenvalue weighted by atomic mass is 16.5. The van der Waals surface area contributed by atoms with Crippen LogP contribution in [0.15, 0.2) is 54.7 Å². The second kappa shape index (κ2) is 8.89. The number of carbonyl (C=O) groups is 1. The molecule has 0 radical (unpaired) electrons. The Morgan fingerprint density at radius 3 is 2.52 bits per heavy atom. The van der Waals surface area contributed by atoms with Gasteiger partial charge in [-0.3, -0.25) is 9.78 Å². The maximum Gasteiger partial charge on any atom is 0.251 e. The number of benzene rings is 2. The van der Waals surface area contributed by atoms with E-state index in [0.29, 0.717) is 36.6 Å². The minimum absolute atomic E-state index is 0.181. The van der Waals surface area contributed by atoms with Crippen molar-refractivity contribution in [1.29, 1.82) is 0 Å². The number of ether oxygens (including phenoxy) is 3. The van der Waals surface area contributed by atoms with Gasteiger partial charge in [0.05, 0.1) is 20.8 Å². The Hall–Kier alpha value is -3.28. The number of hydrogen-bond acceptors (Lipinski definition) is 5. The second-order valence-corrected chi connectivity index (χ2v) is 5.89. The minimum Gasteiger partial charge on any atom is -0.497 e.